The molecule has 2 aromatic heterocycles. The fourth-order valence-corrected chi connectivity index (χ4v) is 2.52. The molecular weight excluding hydrogens is 344 g/mol. The van der Waals surface area contributed by atoms with Crippen molar-refractivity contribution in [2.75, 3.05) is 5.32 Å². The van der Waals surface area contributed by atoms with Crippen molar-refractivity contribution in [3.8, 4) is 11.4 Å². The number of rotatable bonds is 6. The zero-order valence-corrected chi connectivity index (χ0v) is 15.1. The van der Waals surface area contributed by atoms with Crippen LogP contribution in [0.3, 0.4) is 0 Å². The summed E-state index contributed by atoms with van der Waals surface area (Å²) in [6.07, 6.45) is 4.43. The van der Waals surface area contributed by atoms with Crippen LogP contribution in [0.25, 0.3) is 11.4 Å². The summed E-state index contributed by atoms with van der Waals surface area (Å²) in [6.45, 7) is 3.62. The van der Waals surface area contributed by atoms with Crippen LogP contribution in [-0.4, -0.2) is 32.9 Å². The minimum Gasteiger partial charge on any atom is -0.449 e. The number of H-pyrrole nitrogens is 1. The average Bonchev–Trinajstić information content (AvgIpc) is 3.22. The van der Waals surface area contributed by atoms with Crippen LogP contribution in [0.15, 0.2) is 55.0 Å². The second-order valence-corrected chi connectivity index (χ2v) is 5.98. The van der Waals surface area contributed by atoms with Crippen molar-refractivity contribution < 1.29 is 14.3 Å². The molecule has 1 amide bonds. The highest BCUT2D eigenvalue weighted by Crippen LogP contribution is 2.17. The monoisotopic (exact) mass is 364 g/mol. The van der Waals surface area contributed by atoms with Gasteiger partial charge in [0, 0.05) is 24.2 Å². The van der Waals surface area contributed by atoms with Gasteiger partial charge in [-0.15, -0.1) is 0 Å². The standard InChI is InChI=1S/C20H20N4O3/c1-3-16(19(25)24-17-13(2)5-4-10-21-17)27-20(26)15-8-6-14(7-9-15)18-22-11-12-23-18/h4-12,16H,3H2,1-2H3,(H,22,23)(H,21,24,25). The summed E-state index contributed by atoms with van der Waals surface area (Å²) >= 11 is 0. The summed E-state index contributed by atoms with van der Waals surface area (Å²) in [4.78, 5) is 36.1. The average molecular weight is 364 g/mol. The molecule has 0 spiro atoms. The molecule has 0 fully saturated rings. The van der Waals surface area contributed by atoms with Gasteiger partial charge in [0.15, 0.2) is 6.10 Å². The maximum atomic E-state index is 12.4. The van der Waals surface area contributed by atoms with E-state index in [4.69, 9.17) is 4.74 Å². The zero-order valence-electron chi connectivity index (χ0n) is 15.1. The van der Waals surface area contributed by atoms with Gasteiger partial charge in [-0.05, 0) is 37.1 Å². The molecule has 0 aliphatic carbocycles. The Bertz CT molecular complexity index is 921. The number of imidazole rings is 1. The zero-order chi connectivity index (χ0) is 19.2. The first-order valence-electron chi connectivity index (χ1n) is 8.61. The molecular formula is C20H20N4O3. The lowest BCUT2D eigenvalue weighted by atomic mass is 10.1. The van der Waals surface area contributed by atoms with E-state index in [1.54, 1.807) is 55.8 Å². The van der Waals surface area contributed by atoms with E-state index in [1.807, 2.05) is 13.0 Å². The first kappa shape index (κ1) is 18.3. The van der Waals surface area contributed by atoms with E-state index in [-0.39, 0.29) is 0 Å². The summed E-state index contributed by atoms with van der Waals surface area (Å²) in [6, 6.07) is 10.5. The van der Waals surface area contributed by atoms with Crippen LogP contribution in [0, 0.1) is 6.92 Å². The molecule has 1 atom stereocenters. The molecule has 7 nitrogen and oxygen atoms in total. The van der Waals surface area contributed by atoms with Gasteiger partial charge in [-0.3, -0.25) is 4.79 Å². The summed E-state index contributed by atoms with van der Waals surface area (Å²) in [5.41, 5.74) is 2.05. The molecule has 0 bridgehead atoms. The molecule has 0 aliphatic heterocycles. The van der Waals surface area contributed by atoms with Gasteiger partial charge in [-0.1, -0.05) is 25.1 Å². The van der Waals surface area contributed by atoms with Gasteiger partial charge < -0.3 is 15.0 Å². The van der Waals surface area contributed by atoms with Crippen LogP contribution >= 0.6 is 0 Å². The number of ether oxygens (including phenoxy) is 1. The van der Waals surface area contributed by atoms with Gasteiger partial charge >= 0.3 is 5.97 Å². The minimum absolute atomic E-state index is 0.355. The van der Waals surface area contributed by atoms with Crippen LogP contribution in [0.4, 0.5) is 5.82 Å². The van der Waals surface area contributed by atoms with E-state index < -0.39 is 18.0 Å². The van der Waals surface area contributed by atoms with E-state index >= 15 is 0 Å². The van der Waals surface area contributed by atoms with Crippen molar-refractivity contribution in [2.24, 2.45) is 0 Å². The quantitative estimate of drug-likeness (QED) is 0.654. The van der Waals surface area contributed by atoms with Crippen LogP contribution < -0.4 is 5.32 Å². The topological polar surface area (TPSA) is 97.0 Å². The Morgan fingerprint density at radius 3 is 2.56 bits per heavy atom. The molecule has 0 saturated heterocycles. The molecule has 3 aromatic rings. The number of anilines is 1. The van der Waals surface area contributed by atoms with Crippen molar-refractivity contribution in [1.29, 1.82) is 0 Å². The van der Waals surface area contributed by atoms with Crippen molar-refractivity contribution in [3.05, 3.63) is 66.1 Å². The SMILES string of the molecule is CCC(OC(=O)c1ccc(-c2ncc[nH]2)cc1)C(=O)Nc1ncccc1C. The maximum absolute atomic E-state index is 12.4. The smallest absolute Gasteiger partial charge is 0.338 e. The number of hydrogen-bond donors (Lipinski definition) is 2. The first-order valence-corrected chi connectivity index (χ1v) is 8.61. The predicted octanol–water partition coefficient (Wildman–Crippen LogP) is 3.35. The summed E-state index contributed by atoms with van der Waals surface area (Å²) in [5.74, 6) is 0.215. The van der Waals surface area contributed by atoms with Gasteiger partial charge in [-0.2, -0.15) is 0 Å². The normalized spacial score (nSPS) is 11.6. The van der Waals surface area contributed by atoms with Gasteiger partial charge in [-0.25, -0.2) is 14.8 Å². The van der Waals surface area contributed by atoms with E-state index in [2.05, 4.69) is 20.3 Å². The summed E-state index contributed by atoms with van der Waals surface area (Å²) < 4.78 is 5.39. The third kappa shape index (κ3) is 4.38. The fraction of sp³-hybridized carbons (Fsp3) is 0.200. The number of aromatic nitrogens is 3. The number of hydrogen-bond acceptors (Lipinski definition) is 5. The molecule has 0 aliphatic rings. The van der Waals surface area contributed by atoms with Crippen LogP contribution in [0.5, 0.6) is 0 Å². The Hall–Kier alpha value is -3.48. The van der Waals surface area contributed by atoms with E-state index in [0.29, 0.717) is 23.6 Å². The number of benzene rings is 1. The van der Waals surface area contributed by atoms with Gasteiger partial charge in [0.05, 0.1) is 5.56 Å². The number of pyridine rings is 1. The number of carbonyl (C=O) groups excluding carboxylic acids is 2. The molecule has 3 rings (SSSR count). The van der Waals surface area contributed by atoms with Crippen molar-refractivity contribution in [3.63, 3.8) is 0 Å². The second kappa shape index (κ2) is 8.27. The summed E-state index contributed by atoms with van der Waals surface area (Å²) in [7, 11) is 0. The third-order valence-corrected chi connectivity index (χ3v) is 4.06. The second-order valence-electron chi connectivity index (χ2n) is 5.98. The van der Waals surface area contributed by atoms with Crippen LogP contribution in [0.2, 0.25) is 0 Å². The Balaban J connectivity index is 1.66. The number of aryl methyl sites for hydroxylation is 1. The lowest BCUT2D eigenvalue weighted by Crippen LogP contribution is -2.32. The van der Waals surface area contributed by atoms with Gasteiger partial charge in [0.2, 0.25) is 0 Å². The highest BCUT2D eigenvalue weighted by Gasteiger charge is 2.23. The number of nitrogens with zero attached hydrogens (tertiary/aromatic N) is 2. The highest BCUT2D eigenvalue weighted by molar-refractivity contribution is 5.97. The minimum atomic E-state index is -0.899. The molecule has 1 unspecified atom stereocenters. The largest absolute Gasteiger partial charge is 0.449 e. The summed E-state index contributed by atoms with van der Waals surface area (Å²) in [5, 5.41) is 2.71. The molecule has 138 valence electrons. The van der Waals surface area contributed by atoms with E-state index in [1.165, 1.54) is 0 Å². The van der Waals surface area contributed by atoms with Gasteiger partial charge in [0.25, 0.3) is 5.91 Å². The molecule has 2 heterocycles. The van der Waals surface area contributed by atoms with Crippen molar-refractivity contribution in [2.45, 2.75) is 26.4 Å². The molecule has 1 aromatic carbocycles. The Morgan fingerprint density at radius 1 is 1.15 bits per heavy atom. The van der Waals surface area contributed by atoms with Crippen molar-refractivity contribution in [1.82, 2.24) is 15.0 Å². The Labute approximate surface area is 156 Å². The molecule has 0 saturated carbocycles. The van der Waals surface area contributed by atoms with E-state index in [9.17, 15) is 9.59 Å². The lowest BCUT2D eigenvalue weighted by Gasteiger charge is -2.16. The third-order valence-electron chi connectivity index (χ3n) is 4.06. The lowest BCUT2D eigenvalue weighted by molar-refractivity contribution is -0.124. The fourth-order valence-electron chi connectivity index (χ4n) is 2.52. The first-order chi connectivity index (χ1) is 13.1. The number of amides is 1. The van der Waals surface area contributed by atoms with Crippen molar-refractivity contribution >= 4 is 17.7 Å². The van der Waals surface area contributed by atoms with Gasteiger partial charge in [0.1, 0.15) is 11.6 Å². The van der Waals surface area contributed by atoms with E-state index in [0.717, 1.165) is 11.1 Å². The number of esters is 1. The number of aromatic amines is 1. The molecule has 2 N–H and O–H groups in total. The Kier molecular flexibility index (Phi) is 5.61. The molecule has 7 heteroatoms. The number of nitrogens with one attached hydrogen (secondary N) is 2. The predicted molar refractivity (Wildman–Crippen MR) is 101 cm³/mol. The van der Waals surface area contributed by atoms with Crippen LogP contribution in [0.1, 0.15) is 29.3 Å². The molecule has 0 radical (unpaired) electrons. The Morgan fingerprint density at radius 2 is 1.93 bits per heavy atom. The van der Waals surface area contributed by atoms with Crippen LogP contribution in [-0.2, 0) is 9.53 Å². The molecule has 27 heavy (non-hydrogen) atoms. The maximum Gasteiger partial charge on any atom is 0.338 e. The number of carbonyl (C=O) groups is 2. The highest BCUT2D eigenvalue weighted by atomic mass is 16.5.